The summed E-state index contributed by atoms with van der Waals surface area (Å²) in [5, 5.41) is 0.433. The first-order valence-corrected chi connectivity index (χ1v) is 6.47. The first-order chi connectivity index (χ1) is 9.47. The van der Waals surface area contributed by atoms with Crippen LogP contribution in [0, 0.1) is 11.6 Å². The van der Waals surface area contributed by atoms with Gasteiger partial charge in [0.25, 0.3) is 0 Å². The van der Waals surface area contributed by atoms with E-state index in [1.165, 1.54) is 6.07 Å². The Bertz CT molecular complexity index is 617. The molecule has 0 aliphatic heterocycles. The molecule has 0 fully saturated rings. The van der Waals surface area contributed by atoms with Gasteiger partial charge in [-0.3, -0.25) is 0 Å². The Labute approximate surface area is 121 Å². The van der Waals surface area contributed by atoms with Crippen LogP contribution < -0.4 is 10.5 Å². The molecule has 2 aromatic rings. The van der Waals surface area contributed by atoms with E-state index in [2.05, 4.69) is 0 Å². The van der Waals surface area contributed by atoms with Gasteiger partial charge in [0.15, 0.2) is 11.6 Å². The smallest absolute Gasteiger partial charge is 0.159 e. The largest absolute Gasteiger partial charge is 0.487 e. The van der Waals surface area contributed by atoms with Crippen LogP contribution in [0.15, 0.2) is 36.4 Å². The topological polar surface area (TPSA) is 35.2 Å². The average molecular weight is 298 g/mol. The SMILES string of the molecule is C[C@H](N)c1ccc(OCc2ccc(F)c(F)c2)c(Cl)c1. The van der Waals surface area contributed by atoms with Gasteiger partial charge in [-0.2, -0.15) is 0 Å². The molecular weight excluding hydrogens is 284 g/mol. The molecule has 0 aliphatic carbocycles. The maximum Gasteiger partial charge on any atom is 0.159 e. The lowest BCUT2D eigenvalue weighted by Gasteiger charge is -2.11. The number of hydrogen-bond donors (Lipinski definition) is 1. The van der Waals surface area contributed by atoms with Gasteiger partial charge in [0.2, 0.25) is 0 Å². The van der Waals surface area contributed by atoms with Crippen molar-refractivity contribution in [1.82, 2.24) is 0 Å². The monoisotopic (exact) mass is 297 g/mol. The zero-order valence-electron chi connectivity index (χ0n) is 10.9. The van der Waals surface area contributed by atoms with Gasteiger partial charge in [0, 0.05) is 6.04 Å². The van der Waals surface area contributed by atoms with Crippen molar-refractivity contribution in [2.75, 3.05) is 0 Å². The highest BCUT2D eigenvalue weighted by molar-refractivity contribution is 6.32. The van der Waals surface area contributed by atoms with Gasteiger partial charge in [-0.25, -0.2) is 8.78 Å². The van der Waals surface area contributed by atoms with Crippen molar-refractivity contribution in [3.05, 3.63) is 64.2 Å². The fourth-order valence-corrected chi connectivity index (χ4v) is 1.95. The third kappa shape index (κ3) is 3.46. The second-order valence-electron chi connectivity index (χ2n) is 4.52. The van der Waals surface area contributed by atoms with E-state index in [9.17, 15) is 8.78 Å². The molecule has 2 rings (SSSR count). The third-order valence-corrected chi connectivity index (χ3v) is 3.16. The lowest BCUT2D eigenvalue weighted by atomic mass is 10.1. The highest BCUT2D eigenvalue weighted by Crippen LogP contribution is 2.28. The van der Waals surface area contributed by atoms with Gasteiger partial charge in [-0.1, -0.05) is 23.7 Å². The summed E-state index contributed by atoms with van der Waals surface area (Å²) in [4.78, 5) is 0. The quantitative estimate of drug-likeness (QED) is 0.917. The molecule has 0 unspecified atom stereocenters. The molecule has 0 spiro atoms. The fourth-order valence-electron chi connectivity index (χ4n) is 1.71. The number of benzene rings is 2. The van der Waals surface area contributed by atoms with Crippen molar-refractivity contribution >= 4 is 11.6 Å². The van der Waals surface area contributed by atoms with E-state index in [4.69, 9.17) is 22.1 Å². The van der Waals surface area contributed by atoms with Gasteiger partial charge in [-0.05, 0) is 42.3 Å². The number of ether oxygens (including phenoxy) is 1. The molecule has 5 heteroatoms. The van der Waals surface area contributed by atoms with E-state index in [0.29, 0.717) is 16.3 Å². The molecule has 2 nitrogen and oxygen atoms in total. The molecule has 20 heavy (non-hydrogen) atoms. The predicted octanol–water partition coefficient (Wildman–Crippen LogP) is 4.22. The third-order valence-electron chi connectivity index (χ3n) is 2.86. The number of hydrogen-bond acceptors (Lipinski definition) is 2. The minimum Gasteiger partial charge on any atom is -0.487 e. The number of rotatable bonds is 4. The molecule has 2 N–H and O–H groups in total. The predicted molar refractivity (Wildman–Crippen MR) is 74.7 cm³/mol. The van der Waals surface area contributed by atoms with Crippen LogP contribution in [-0.2, 0) is 6.61 Å². The van der Waals surface area contributed by atoms with Gasteiger partial charge in [-0.15, -0.1) is 0 Å². The van der Waals surface area contributed by atoms with Crippen LogP contribution in [0.1, 0.15) is 24.1 Å². The van der Waals surface area contributed by atoms with Crippen LogP contribution in [0.5, 0.6) is 5.75 Å². The van der Waals surface area contributed by atoms with Crippen molar-refractivity contribution in [2.45, 2.75) is 19.6 Å². The zero-order valence-corrected chi connectivity index (χ0v) is 11.6. The normalized spacial score (nSPS) is 12.2. The average Bonchev–Trinajstić information content (AvgIpc) is 2.41. The summed E-state index contributed by atoms with van der Waals surface area (Å²) in [6.45, 7) is 1.96. The van der Waals surface area contributed by atoms with Crippen LogP contribution in [0.2, 0.25) is 5.02 Å². The van der Waals surface area contributed by atoms with E-state index < -0.39 is 11.6 Å². The lowest BCUT2D eigenvalue weighted by molar-refractivity contribution is 0.305. The van der Waals surface area contributed by atoms with Crippen molar-refractivity contribution in [3.8, 4) is 5.75 Å². The Morgan fingerprint density at radius 3 is 2.50 bits per heavy atom. The molecule has 0 aliphatic rings. The van der Waals surface area contributed by atoms with Crippen LogP contribution in [0.3, 0.4) is 0 Å². The van der Waals surface area contributed by atoms with Gasteiger partial charge < -0.3 is 10.5 Å². The van der Waals surface area contributed by atoms with Crippen molar-refractivity contribution in [3.63, 3.8) is 0 Å². The van der Waals surface area contributed by atoms with Crippen LogP contribution in [0.25, 0.3) is 0 Å². The van der Waals surface area contributed by atoms with Gasteiger partial charge in [0.05, 0.1) is 5.02 Å². The highest BCUT2D eigenvalue weighted by atomic mass is 35.5. The van der Waals surface area contributed by atoms with Gasteiger partial charge in [0.1, 0.15) is 12.4 Å². The highest BCUT2D eigenvalue weighted by Gasteiger charge is 2.07. The summed E-state index contributed by atoms with van der Waals surface area (Å²) in [6.07, 6.45) is 0. The summed E-state index contributed by atoms with van der Waals surface area (Å²) in [5.74, 6) is -1.31. The number of halogens is 3. The summed E-state index contributed by atoms with van der Waals surface area (Å²) >= 11 is 6.08. The molecule has 0 radical (unpaired) electrons. The van der Waals surface area contributed by atoms with Gasteiger partial charge >= 0.3 is 0 Å². The minimum absolute atomic E-state index is 0.106. The Hall–Kier alpha value is -1.65. The van der Waals surface area contributed by atoms with Crippen LogP contribution in [-0.4, -0.2) is 0 Å². The summed E-state index contributed by atoms with van der Waals surface area (Å²) < 4.78 is 31.3. The maximum atomic E-state index is 13.1. The molecule has 0 saturated carbocycles. The molecule has 0 amide bonds. The second kappa shape index (κ2) is 6.20. The Morgan fingerprint density at radius 2 is 1.90 bits per heavy atom. The first-order valence-electron chi connectivity index (χ1n) is 6.09. The molecule has 2 aromatic carbocycles. The van der Waals surface area contributed by atoms with E-state index in [-0.39, 0.29) is 12.6 Å². The van der Waals surface area contributed by atoms with Crippen molar-refractivity contribution in [1.29, 1.82) is 0 Å². The zero-order chi connectivity index (χ0) is 14.7. The molecule has 0 saturated heterocycles. The Balaban J connectivity index is 2.09. The summed E-state index contributed by atoms with van der Waals surface area (Å²) in [5.41, 5.74) is 7.17. The maximum absolute atomic E-state index is 13.1. The lowest BCUT2D eigenvalue weighted by Crippen LogP contribution is -2.05. The fraction of sp³-hybridized carbons (Fsp3) is 0.200. The van der Waals surface area contributed by atoms with E-state index in [1.54, 1.807) is 12.1 Å². The molecule has 106 valence electrons. The van der Waals surface area contributed by atoms with E-state index in [0.717, 1.165) is 17.7 Å². The minimum atomic E-state index is -0.899. The standard InChI is InChI=1S/C15H14ClF2NO/c1-9(19)11-3-5-15(12(16)7-11)20-8-10-2-4-13(17)14(18)6-10/h2-7,9H,8,19H2,1H3/t9-/m0/s1. The molecule has 0 bridgehead atoms. The van der Waals surface area contributed by atoms with Crippen molar-refractivity contribution in [2.24, 2.45) is 5.73 Å². The summed E-state index contributed by atoms with van der Waals surface area (Å²) in [6, 6.07) is 8.76. The Morgan fingerprint density at radius 1 is 1.15 bits per heavy atom. The number of nitrogens with two attached hydrogens (primary N) is 1. The summed E-state index contributed by atoms with van der Waals surface area (Å²) in [7, 11) is 0. The van der Waals surface area contributed by atoms with Crippen LogP contribution >= 0.6 is 11.6 Å². The molecule has 1 atom stereocenters. The molecule has 0 aromatic heterocycles. The van der Waals surface area contributed by atoms with E-state index >= 15 is 0 Å². The molecular formula is C15H14ClF2NO. The van der Waals surface area contributed by atoms with Crippen LogP contribution in [0.4, 0.5) is 8.78 Å². The Kier molecular flexibility index (Phi) is 4.57. The second-order valence-corrected chi connectivity index (χ2v) is 4.92. The first kappa shape index (κ1) is 14.8. The van der Waals surface area contributed by atoms with E-state index in [1.807, 2.05) is 13.0 Å². The van der Waals surface area contributed by atoms with Crippen molar-refractivity contribution < 1.29 is 13.5 Å². The molecule has 0 heterocycles.